The van der Waals surface area contributed by atoms with Crippen molar-refractivity contribution in [2.75, 3.05) is 6.54 Å². The lowest BCUT2D eigenvalue weighted by atomic mass is 10.1. The van der Waals surface area contributed by atoms with Gasteiger partial charge in [0.05, 0.1) is 5.57 Å². The van der Waals surface area contributed by atoms with E-state index in [1.807, 2.05) is 6.92 Å². The molecule has 74 valence electrons. The first-order chi connectivity index (χ1) is 6.63. The van der Waals surface area contributed by atoms with E-state index in [-0.39, 0.29) is 17.4 Å². The Morgan fingerprint density at radius 2 is 2.00 bits per heavy atom. The first-order valence-electron chi connectivity index (χ1n) is 4.52. The van der Waals surface area contributed by atoms with Gasteiger partial charge in [0, 0.05) is 12.1 Å². The van der Waals surface area contributed by atoms with Crippen LogP contribution in [0.3, 0.4) is 0 Å². The minimum absolute atomic E-state index is 0.249. The highest BCUT2D eigenvalue weighted by molar-refractivity contribution is 6.24. The summed E-state index contributed by atoms with van der Waals surface area (Å²) in [6.07, 6.45) is 5.15. The number of carbonyl (C=O) groups excluding carboxylic acids is 2. The summed E-state index contributed by atoms with van der Waals surface area (Å²) >= 11 is 0. The van der Waals surface area contributed by atoms with E-state index in [0.717, 1.165) is 0 Å². The molecule has 0 atom stereocenters. The van der Waals surface area contributed by atoms with Crippen LogP contribution in [0.15, 0.2) is 36.0 Å². The number of carbonyl (C=O) groups is 2. The van der Waals surface area contributed by atoms with Crippen LogP contribution in [-0.2, 0) is 9.59 Å². The molecular weight excluding hydrogens is 178 g/mol. The third-order valence-corrected chi connectivity index (χ3v) is 2.08. The molecular formula is C11H13NO2. The fourth-order valence-corrected chi connectivity index (χ4v) is 1.30. The summed E-state index contributed by atoms with van der Waals surface area (Å²) in [5.41, 5.74) is 0.685. The van der Waals surface area contributed by atoms with Crippen molar-refractivity contribution in [3.63, 3.8) is 0 Å². The molecule has 1 aliphatic heterocycles. The highest BCUT2D eigenvalue weighted by atomic mass is 16.2. The van der Waals surface area contributed by atoms with Crippen molar-refractivity contribution in [3.05, 3.63) is 36.0 Å². The third-order valence-electron chi connectivity index (χ3n) is 2.08. The Balaban J connectivity index is 3.07. The van der Waals surface area contributed by atoms with Gasteiger partial charge in [-0.05, 0) is 19.9 Å². The van der Waals surface area contributed by atoms with Crippen molar-refractivity contribution in [1.29, 1.82) is 0 Å². The molecule has 0 aromatic heterocycles. The zero-order valence-corrected chi connectivity index (χ0v) is 8.41. The van der Waals surface area contributed by atoms with Gasteiger partial charge < -0.3 is 0 Å². The normalized spacial score (nSPS) is 20.6. The molecule has 0 spiro atoms. The Morgan fingerprint density at radius 1 is 1.36 bits per heavy atom. The van der Waals surface area contributed by atoms with Crippen LogP contribution in [0.5, 0.6) is 0 Å². The summed E-state index contributed by atoms with van der Waals surface area (Å²) in [5.74, 6) is -0.533. The highest BCUT2D eigenvalue weighted by Gasteiger charge is 2.35. The maximum atomic E-state index is 11.6. The molecule has 0 aromatic carbocycles. The van der Waals surface area contributed by atoms with Crippen LogP contribution in [-0.4, -0.2) is 23.3 Å². The quantitative estimate of drug-likeness (QED) is 0.489. The second kappa shape index (κ2) is 4.05. The Labute approximate surface area is 83.4 Å². The zero-order chi connectivity index (χ0) is 10.7. The standard InChI is InChI=1S/C11H13NO2/c1-4-6-7-9-8(3)10(13)12(5-2)11(9)14/h4,6-7H,3,5H2,1-2H3/b6-4-,9-7+. The van der Waals surface area contributed by atoms with Crippen LogP contribution in [0.4, 0.5) is 0 Å². The fourth-order valence-electron chi connectivity index (χ4n) is 1.30. The summed E-state index contributed by atoms with van der Waals surface area (Å²) in [6, 6.07) is 0. The molecule has 3 heteroatoms. The predicted octanol–water partition coefficient (Wildman–Crippen LogP) is 1.43. The molecule has 0 N–H and O–H groups in total. The van der Waals surface area contributed by atoms with Crippen LogP contribution < -0.4 is 0 Å². The Hall–Kier alpha value is -1.64. The largest absolute Gasteiger partial charge is 0.275 e. The first-order valence-corrected chi connectivity index (χ1v) is 4.52. The predicted molar refractivity (Wildman–Crippen MR) is 54.4 cm³/mol. The van der Waals surface area contributed by atoms with Gasteiger partial charge in [0.25, 0.3) is 11.8 Å². The van der Waals surface area contributed by atoms with Gasteiger partial charge in [0.1, 0.15) is 0 Å². The van der Waals surface area contributed by atoms with E-state index in [1.165, 1.54) is 4.90 Å². The van der Waals surface area contributed by atoms with Crippen LogP contribution in [0, 0.1) is 0 Å². The molecule has 0 aliphatic carbocycles. The average molecular weight is 191 g/mol. The molecule has 0 aromatic rings. The molecule has 0 bridgehead atoms. The summed E-state index contributed by atoms with van der Waals surface area (Å²) in [6.45, 7) is 7.61. The number of nitrogens with zero attached hydrogens (tertiary/aromatic N) is 1. The number of hydrogen-bond donors (Lipinski definition) is 0. The third kappa shape index (κ3) is 1.53. The van der Waals surface area contributed by atoms with Gasteiger partial charge in [0.2, 0.25) is 0 Å². The van der Waals surface area contributed by atoms with Crippen molar-refractivity contribution in [1.82, 2.24) is 4.90 Å². The average Bonchev–Trinajstić information content (AvgIpc) is 2.37. The summed E-state index contributed by atoms with van der Waals surface area (Å²) < 4.78 is 0. The maximum absolute atomic E-state index is 11.6. The van der Waals surface area contributed by atoms with Crippen LogP contribution >= 0.6 is 0 Å². The molecule has 1 aliphatic rings. The van der Waals surface area contributed by atoms with E-state index >= 15 is 0 Å². The van der Waals surface area contributed by atoms with Crippen molar-refractivity contribution >= 4 is 11.8 Å². The summed E-state index contributed by atoms with van der Waals surface area (Å²) in [5, 5.41) is 0. The SMILES string of the molecule is C=C1C(=O)N(CC)C(=O)/C1=C/C=C\C. The van der Waals surface area contributed by atoms with E-state index in [9.17, 15) is 9.59 Å². The van der Waals surface area contributed by atoms with Crippen LogP contribution in [0.25, 0.3) is 0 Å². The van der Waals surface area contributed by atoms with Crippen molar-refractivity contribution in [3.8, 4) is 0 Å². The molecule has 2 amide bonds. The molecule has 1 rings (SSSR count). The van der Waals surface area contributed by atoms with Crippen molar-refractivity contribution < 1.29 is 9.59 Å². The minimum Gasteiger partial charge on any atom is -0.275 e. The number of likely N-dealkylation sites (tertiary alicyclic amines) is 1. The number of allylic oxidation sites excluding steroid dienone is 3. The number of imide groups is 1. The van der Waals surface area contributed by atoms with Crippen LogP contribution in [0.2, 0.25) is 0 Å². The van der Waals surface area contributed by atoms with E-state index < -0.39 is 0 Å². The molecule has 1 saturated heterocycles. The second-order valence-electron chi connectivity index (χ2n) is 2.94. The number of likely N-dealkylation sites (N-methyl/N-ethyl adjacent to an activating group) is 1. The second-order valence-corrected chi connectivity index (χ2v) is 2.94. The number of hydrogen-bond acceptors (Lipinski definition) is 2. The van der Waals surface area contributed by atoms with Gasteiger partial charge in [0.15, 0.2) is 0 Å². The molecule has 1 fully saturated rings. The molecule has 3 nitrogen and oxygen atoms in total. The highest BCUT2D eigenvalue weighted by Crippen LogP contribution is 2.22. The number of amides is 2. The van der Waals surface area contributed by atoms with Gasteiger partial charge in [-0.15, -0.1) is 0 Å². The van der Waals surface area contributed by atoms with E-state index in [4.69, 9.17) is 0 Å². The van der Waals surface area contributed by atoms with Gasteiger partial charge in [-0.25, -0.2) is 0 Å². The Morgan fingerprint density at radius 3 is 2.43 bits per heavy atom. The molecule has 1 heterocycles. The zero-order valence-electron chi connectivity index (χ0n) is 8.41. The fraction of sp³-hybridized carbons (Fsp3) is 0.273. The van der Waals surface area contributed by atoms with Gasteiger partial charge in [-0.3, -0.25) is 14.5 Å². The van der Waals surface area contributed by atoms with Crippen molar-refractivity contribution in [2.45, 2.75) is 13.8 Å². The topological polar surface area (TPSA) is 37.4 Å². The lowest BCUT2D eigenvalue weighted by Gasteiger charge is -2.07. The number of rotatable bonds is 2. The Kier molecular flexibility index (Phi) is 3.02. The molecule has 0 saturated carbocycles. The Bertz CT molecular complexity index is 350. The lowest BCUT2D eigenvalue weighted by molar-refractivity contribution is -0.136. The maximum Gasteiger partial charge on any atom is 0.261 e. The molecule has 0 unspecified atom stereocenters. The van der Waals surface area contributed by atoms with E-state index in [0.29, 0.717) is 12.1 Å². The van der Waals surface area contributed by atoms with Crippen molar-refractivity contribution in [2.24, 2.45) is 0 Å². The van der Waals surface area contributed by atoms with Gasteiger partial charge >= 0.3 is 0 Å². The monoisotopic (exact) mass is 191 g/mol. The summed E-state index contributed by atoms with van der Waals surface area (Å²) in [4.78, 5) is 24.3. The minimum atomic E-state index is -0.284. The molecule has 0 radical (unpaired) electrons. The smallest absolute Gasteiger partial charge is 0.261 e. The van der Waals surface area contributed by atoms with Gasteiger partial charge in [-0.2, -0.15) is 0 Å². The van der Waals surface area contributed by atoms with E-state index in [2.05, 4.69) is 6.58 Å². The summed E-state index contributed by atoms with van der Waals surface area (Å²) in [7, 11) is 0. The first kappa shape index (κ1) is 10.4. The lowest BCUT2D eigenvalue weighted by Crippen LogP contribution is -2.28. The van der Waals surface area contributed by atoms with Gasteiger partial charge in [-0.1, -0.05) is 18.7 Å². The molecule has 14 heavy (non-hydrogen) atoms. The van der Waals surface area contributed by atoms with Crippen LogP contribution in [0.1, 0.15) is 13.8 Å². The van der Waals surface area contributed by atoms with E-state index in [1.54, 1.807) is 25.2 Å².